The molecule has 4 nitrogen and oxygen atoms in total. The molecule has 0 radical (unpaired) electrons. The van der Waals surface area contributed by atoms with E-state index in [0.717, 1.165) is 17.0 Å². The van der Waals surface area contributed by atoms with Crippen molar-refractivity contribution in [1.82, 2.24) is 9.78 Å². The molecule has 0 amide bonds. The summed E-state index contributed by atoms with van der Waals surface area (Å²) in [5.41, 5.74) is 2.01. The third-order valence-corrected chi connectivity index (χ3v) is 2.61. The number of aromatic nitrogens is 2. The van der Waals surface area contributed by atoms with Gasteiger partial charge in [0, 0.05) is 13.2 Å². The predicted octanol–water partition coefficient (Wildman–Crippen LogP) is 1.92. The van der Waals surface area contributed by atoms with E-state index in [2.05, 4.69) is 5.10 Å². The number of benzene rings is 1. The molecule has 18 heavy (non-hydrogen) atoms. The van der Waals surface area contributed by atoms with Crippen LogP contribution in [0, 0.1) is 0 Å². The van der Waals surface area contributed by atoms with Crippen LogP contribution in [0.25, 0.3) is 0 Å². The Bertz CT molecular complexity index is 489. The Morgan fingerprint density at radius 3 is 2.56 bits per heavy atom. The topological polar surface area (TPSA) is 47.3 Å². The minimum absolute atomic E-state index is 0.315. The molecule has 2 rings (SSSR count). The lowest BCUT2D eigenvalue weighted by Gasteiger charge is -2.07. The highest BCUT2D eigenvalue weighted by molar-refractivity contribution is 5.27. The monoisotopic (exact) mass is 246 g/mol. The fraction of sp³-hybridized carbons (Fsp3) is 0.357. The summed E-state index contributed by atoms with van der Waals surface area (Å²) in [6.07, 6.45) is 2.25. The van der Waals surface area contributed by atoms with Crippen LogP contribution in [0.4, 0.5) is 0 Å². The van der Waals surface area contributed by atoms with E-state index in [-0.39, 0.29) is 6.10 Å². The fourth-order valence-electron chi connectivity index (χ4n) is 1.76. The Morgan fingerprint density at radius 1 is 1.28 bits per heavy atom. The Hall–Kier alpha value is -1.81. The van der Waals surface area contributed by atoms with Crippen molar-refractivity contribution in [3.05, 3.63) is 47.8 Å². The van der Waals surface area contributed by atoms with E-state index in [0.29, 0.717) is 13.0 Å². The molecule has 1 aromatic heterocycles. The first-order valence-electron chi connectivity index (χ1n) is 6.02. The molecule has 0 fully saturated rings. The molecule has 0 saturated heterocycles. The summed E-state index contributed by atoms with van der Waals surface area (Å²) in [6.45, 7) is 2.25. The molecule has 1 heterocycles. The molecule has 0 spiro atoms. The van der Waals surface area contributed by atoms with Gasteiger partial charge in [0.15, 0.2) is 0 Å². The standard InChI is InChI=1S/C14H18N2O2/c1-11(17)9-12-3-5-14(6-4-12)18-10-13-7-8-16(2)15-13/h3-8,11,17H,9-10H2,1-2H3. The second-order valence-electron chi connectivity index (χ2n) is 4.47. The van der Waals surface area contributed by atoms with Gasteiger partial charge in [-0.15, -0.1) is 0 Å². The van der Waals surface area contributed by atoms with E-state index >= 15 is 0 Å². The van der Waals surface area contributed by atoms with E-state index in [1.54, 1.807) is 11.6 Å². The minimum atomic E-state index is -0.315. The molecule has 0 aliphatic heterocycles. The Labute approximate surface area is 107 Å². The lowest BCUT2D eigenvalue weighted by atomic mass is 10.1. The molecule has 0 bridgehead atoms. The smallest absolute Gasteiger partial charge is 0.132 e. The molecular weight excluding hydrogens is 228 g/mol. The lowest BCUT2D eigenvalue weighted by molar-refractivity contribution is 0.195. The van der Waals surface area contributed by atoms with Gasteiger partial charge in [-0.05, 0) is 37.1 Å². The second-order valence-corrected chi connectivity index (χ2v) is 4.47. The van der Waals surface area contributed by atoms with Gasteiger partial charge < -0.3 is 9.84 Å². The van der Waals surface area contributed by atoms with Crippen LogP contribution >= 0.6 is 0 Å². The van der Waals surface area contributed by atoms with Gasteiger partial charge in [-0.2, -0.15) is 5.10 Å². The molecule has 1 unspecified atom stereocenters. The lowest BCUT2D eigenvalue weighted by Crippen LogP contribution is -2.04. The van der Waals surface area contributed by atoms with Gasteiger partial charge in [0.25, 0.3) is 0 Å². The zero-order valence-electron chi connectivity index (χ0n) is 10.7. The SMILES string of the molecule is CC(O)Cc1ccc(OCc2ccn(C)n2)cc1. The zero-order chi connectivity index (χ0) is 13.0. The largest absolute Gasteiger partial charge is 0.487 e. The molecule has 1 atom stereocenters. The third-order valence-electron chi connectivity index (χ3n) is 2.61. The van der Waals surface area contributed by atoms with E-state index < -0.39 is 0 Å². The van der Waals surface area contributed by atoms with E-state index in [4.69, 9.17) is 4.74 Å². The van der Waals surface area contributed by atoms with Gasteiger partial charge in [-0.25, -0.2) is 0 Å². The zero-order valence-corrected chi connectivity index (χ0v) is 10.7. The van der Waals surface area contributed by atoms with E-state index in [1.807, 2.05) is 43.6 Å². The summed E-state index contributed by atoms with van der Waals surface area (Å²) >= 11 is 0. The van der Waals surface area contributed by atoms with Crippen LogP contribution in [-0.2, 0) is 20.1 Å². The Balaban J connectivity index is 1.90. The minimum Gasteiger partial charge on any atom is -0.487 e. The molecule has 4 heteroatoms. The van der Waals surface area contributed by atoms with Gasteiger partial charge in [0.2, 0.25) is 0 Å². The number of aryl methyl sites for hydroxylation is 1. The highest BCUT2D eigenvalue weighted by atomic mass is 16.5. The predicted molar refractivity (Wildman–Crippen MR) is 69.4 cm³/mol. The van der Waals surface area contributed by atoms with Crippen LogP contribution in [0.2, 0.25) is 0 Å². The van der Waals surface area contributed by atoms with Gasteiger partial charge in [0.1, 0.15) is 12.4 Å². The second kappa shape index (κ2) is 5.69. The highest BCUT2D eigenvalue weighted by Crippen LogP contribution is 2.14. The van der Waals surface area contributed by atoms with Gasteiger partial charge in [-0.1, -0.05) is 12.1 Å². The number of hydrogen-bond donors (Lipinski definition) is 1. The van der Waals surface area contributed by atoms with Crippen molar-refractivity contribution < 1.29 is 9.84 Å². The van der Waals surface area contributed by atoms with Crippen LogP contribution in [0.3, 0.4) is 0 Å². The van der Waals surface area contributed by atoms with Crippen molar-refractivity contribution in [1.29, 1.82) is 0 Å². The first-order chi connectivity index (χ1) is 8.63. The fourth-order valence-corrected chi connectivity index (χ4v) is 1.76. The summed E-state index contributed by atoms with van der Waals surface area (Å²) in [4.78, 5) is 0. The van der Waals surface area contributed by atoms with Crippen molar-refractivity contribution in [2.75, 3.05) is 0 Å². The third kappa shape index (κ3) is 3.60. The normalized spacial score (nSPS) is 12.4. The van der Waals surface area contributed by atoms with Crippen LogP contribution in [0.1, 0.15) is 18.2 Å². The van der Waals surface area contributed by atoms with Crippen molar-refractivity contribution in [3.63, 3.8) is 0 Å². The Morgan fingerprint density at radius 2 is 2.00 bits per heavy atom. The van der Waals surface area contributed by atoms with Crippen LogP contribution in [0.15, 0.2) is 36.5 Å². The first kappa shape index (κ1) is 12.6. The van der Waals surface area contributed by atoms with Crippen molar-refractivity contribution >= 4 is 0 Å². The average Bonchev–Trinajstić information content (AvgIpc) is 2.74. The van der Waals surface area contributed by atoms with Crippen molar-refractivity contribution in [2.24, 2.45) is 7.05 Å². The highest BCUT2D eigenvalue weighted by Gasteiger charge is 2.01. The molecular formula is C14H18N2O2. The maximum Gasteiger partial charge on any atom is 0.132 e. The van der Waals surface area contributed by atoms with Gasteiger partial charge in [-0.3, -0.25) is 4.68 Å². The van der Waals surface area contributed by atoms with Gasteiger partial charge >= 0.3 is 0 Å². The van der Waals surface area contributed by atoms with Crippen molar-refractivity contribution in [3.8, 4) is 5.75 Å². The van der Waals surface area contributed by atoms with Crippen LogP contribution < -0.4 is 4.74 Å². The molecule has 1 N–H and O–H groups in total. The van der Waals surface area contributed by atoms with Crippen LogP contribution in [-0.4, -0.2) is 21.0 Å². The summed E-state index contributed by atoms with van der Waals surface area (Å²) in [5, 5.41) is 13.5. The molecule has 0 saturated carbocycles. The summed E-state index contributed by atoms with van der Waals surface area (Å²) in [7, 11) is 1.88. The van der Waals surface area contributed by atoms with Crippen LogP contribution in [0.5, 0.6) is 5.75 Å². The number of aliphatic hydroxyl groups excluding tert-OH is 1. The quantitative estimate of drug-likeness (QED) is 0.876. The maximum atomic E-state index is 9.29. The Kier molecular flexibility index (Phi) is 3.99. The summed E-state index contributed by atoms with van der Waals surface area (Å²) in [6, 6.07) is 9.71. The van der Waals surface area contributed by atoms with E-state index in [9.17, 15) is 5.11 Å². The first-order valence-corrected chi connectivity index (χ1v) is 6.02. The number of rotatable bonds is 5. The molecule has 2 aromatic rings. The molecule has 0 aliphatic carbocycles. The molecule has 0 aliphatic rings. The maximum absolute atomic E-state index is 9.29. The average molecular weight is 246 g/mol. The van der Waals surface area contributed by atoms with E-state index in [1.165, 1.54) is 0 Å². The summed E-state index contributed by atoms with van der Waals surface area (Å²) < 4.78 is 7.38. The van der Waals surface area contributed by atoms with Gasteiger partial charge in [0.05, 0.1) is 11.8 Å². The molecule has 96 valence electrons. The molecule has 1 aromatic carbocycles. The van der Waals surface area contributed by atoms with Crippen molar-refractivity contribution in [2.45, 2.75) is 26.1 Å². The number of ether oxygens (including phenoxy) is 1. The number of nitrogens with zero attached hydrogens (tertiary/aromatic N) is 2. The number of hydrogen-bond acceptors (Lipinski definition) is 3. The summed E-state index contributed by atoms with van der Waals surface area (Å²) in [5.74, 6) is 0.815. The number of aliphatic hydroxyl groups is 1.